The van der Waals surface area contributed by atoms with Gasteiger partial charge in [-0.1, -0.05) is 19.9 Å². The van der Waals surface area contributed by atoms with Gasteiger partial charge < -0.3 is 10.6 Å². The lowest BCUT2D eigenvalue weighted by Crippen LogP contribution is -2.37. The van der Waals surface area contributed by atoms with E-state index in [1.54, 1.807) is 0 Å². The zero-order valence-electron chi connectivity index (χ0n) is 12.7. The van der Waals surface area contributed by atoms with Crippen molar-refractivity contribution >= 4 is 22.9 Å². The molecule has 3 rings (SSSR count). The summed E-state index contributed by atoms with van der Waals surface area (Å²) in [5, 5.41) is 28.5. The number of amides is 1. The van der Waals surface area contributed by atoms with E-state index in [1.807, 2.05) is 38.1 Å². The number of carbonyl (C=O) groups is 1. The summed E-state index contributed by atoms with van der Waals surface area (Å²) in [5.74, 6) is 0.223. The lowest BCUT2D eigenvalue weighted by Gasteiger charge is -2.31. The largest absolute Gasteiger partial charge is 0.360 e. The van der Waals surface area contributed by atoms with Gasteiger partial charge >= 0.3 is 0 Å². The maximum Gasteiger partial charge on any atom is 0.230 e. The highest BCUT2D eigenvalue weighted by Crippen LogP contribution is 2.37. The molecule has 0 aliphatic carbocycles. The normalized spacial score (nSPS) is 16.2. The van der Waals surface area contributed by atoms with E-state index in [2.05, 4.69) is 31.3 Å². The molecule has 0 bridgehead atoms. The molecule has 1 aromatic carbocycles. The summed E-state index contributed by atoms with van der Waals surface area (Å²) in [7, 11) is 0. The fourth-order valence-corrected chi connectivity index (χ4v) is 2.42. The Morgan fingerprint density at radius 3 is 3.00 bits per heavy atom. The van der Waals surface area contributed by atoms with Crippen molar-refractivity contribution < 1.29 is 4.79 Å². The van der Waals surface area contributed by atoms with E-state index < -0.39 is 5.41 Å². The van der Waals surface area contributed by atoms with Gasteiger partial charge in [0.2, 0.25) is 11.7 Å². The zero-order chi connectivity index (χ0) is 16.4. The first-order valence-corrected chi connectivity index (χ1v) is 7.05. The van der Waals surface area contributed by atoms with Crippen LogP contribution in [0.2, 0.25) is 0 Å². The van der Waals surface area contributed by atoms with Gasteiger partial charge in [-0.3, -0.25) is 4.79 Å². The number of aromatic nitrogens is 4. The molecule has 2 heterocycles. The van der Waals surface area contributed by atoms with Crippen molar-refractivity contribution in [2.24, 2.45) is 5.41 Å². The van der Waals surface area contributed by atoms with Crippen LogP contribution in [0.3, 0.4) is 0 Å². The minimum absolute atomic E-state index is 0.00204. The molecule has 23 heavy (non-hydrogen) atoms. The molecule has 0 radical (unpaired) electrons. The summed E-state index contributed by atoms with van der Waals surface area (Å²) >= 11 is 0. The van der Waals surface area contributed by atoms with E-state index in [1.165, 1.54) is 6.20 Å². The molecular formula is C15H15N7O. The molecule has 3 N–H and O–H groups in total. The first kappa shape index (κ1) is 14.7. The number of hydrogen-bond acceptors (Lipinski definition) is 6. The summed E-state index contributed by atoms with van der Waals surface area (Å²) in [6, 6.07) is 7.62. The molecule has 2 aromatic rings. The van der Waals surface area contributed by atoms with E-state index in [0.717, 1.165) is 16.9 Å². The minimum Gasteiger partial charge on any atom is -0.360 e. The standard InChI is InChI=1S/C15H15N7O/c1-15(2)6-10-11(4-3-5-12(10)18-14(15)23)17-8-9(7-16)13-19-21-22-20-13/h3-5,8,17H,6H2,1-2H3,(H,18,23)(H,19,20,21,22). The number of carbonyl (C=O) groups excluding carboxylic acids is 1. The Hall–Kier alpha value is -3.21. The van der Waals surface area contributed by atoms with Crippen molar-refractivity contribution in [1.82, 2.24) is 20.6 Å². The van der Waals surface area contributed by atoms with Crippen LogP contribution < -0.4 is 10.6 Å². The van der Waals surface area contributed by atoms with Gasteiger partial charge in [-0.15, -0.1) is 10.2 Å². The average Bonchev–Trinajstić information content (AvgIpc) is 3.03. The molecule has 1 aliphatic heterocycles. The Balaban J connectivity index is 1.92. The smallest absolute Gasteiger partial charge is 0.230 e. The fraction of sp³-hybridized carbons (Fsp3) is 0.267. The number of allylic oxidation sites excluding steroid dienone is 1. The molecule has 1 aliphatic rings. The van der Waals surface area contributed by atoms with Crippen LogP contribution >= 0.6 is 0 Å². The van der Waals surface area contributed by atoms with Gasteiger partial charge in [-0.25, -0.2) is 0 Å². The van der Waals surface area contributed by atoms with Gasteiger partial charge in [0, 0.05) is 28.6 Å². The van der Waals surface area contributed by atoms with Gasteiger partial charge in [-0.2, -0.15) is 10.5 Å². The molecule has 0 fully saturated rings. The first-order valence-electron chi connectivity index (χ1n) is 7.05. The van der Waals surface area contributed by atoms with Crippen LogP contribution in [0, 0.1) is 16.7 Å². The van der Waals surface area contributed by atoms with Gasteiger partial charge in [0.25, 0.3) is 0 Å². The number of nitrogens with one attached hydrogen (secondary N) is 3. The van der Waals surface area contributed by atoms with E-state index in [0.29, 0.717) is 6.42 Å². The van der Waals surface area contributed by atoms with Crippen molar-refractivity contribution in [3.8, 4) is 6.07 Å². The molecule has 0 saturated heterocycles. The second-order valence-corrected chi connectivity index (χ2v) is 5.90. The van der Waals surface area contributed by atoms with Gasteiger partial charge in [0.1, 0.15) is 11.6 Å². The number of rotatable bonds is 3. The number of benzene rings is 1. The molecule has 8 nitrogen and oxygen atoms in total. The fourth-order valence-electron chi connectivity index (χ4n) is 2.42. The molecule has 8 heteroatoms. The summed E-state index contributed by atoms with van der Waals surface area (Å²) in [5.41, 5.74) is 2.38. The summed E-state index contributed by atoms with van der Waals surface area (Å²) in [4.78, 5) is 12.0. The molecule has 0 spiro atoms. The molecular weight excluding hydrogens is 294 g/mol. The van der Waals surface area contributed by atoms with Crippen LogP contribution in [0.15, 0.2) is 24.4 Å². The number of tetrazole rings is 1. The highest BCUT2D eigenvalue weighted by atomic mass is 16.2. The van der Waals surface area contributed by atoms with Gasteiger partial charge in [-0.05, 0) is 23.8 Å². The Labute approximate surface area is 132 Å². The molecule has 0 saturated carbocycles. The maximum absolute atomic E-state index is 12.0. The monoisotopic (exact) mass is 309 g/mol. The van der Waals surface area contributed by atoms with Crippen LogP contribution in [0.4, 0.5) is 11.4 Å². The number of nitrogens with zero attached hydrogens (tertiary/aromatic N) is 4. The zero-order valence-corrected chi connectivity index (χ0v) is 12.7. The quantitative estimate of drug-likeness (QED) is 0.742. The molecule has 1 aromatic heterocycles. The van der Waals surface area contributed by atoms with Crippen LogP contribution in [0.1, 0.15) is 25.2 Å². The van der Waals surface area contributed by atoms with E-state index >= 15 is 0 Å². The number of nitriles is 1. The van der Waals surface area contributed by atoms with E-state index in [9.17, 15) is 10.1 Å². The highest BCUT2D eigenvalue weighted by molar-refractivity contribution is 5.99. The van der Waals surface area contributed by atoms with Crippen molar-refractivity contribution in [2.45, 2.75) is 20.3 Å². The van der Waals surface area contributed by atoms with Crippen molar-refractivity contribution in [3.63, 3.8) is 0 Å². The minimum atomic E-state index is -0.486. The Bertz CT molecular complexity index is 815. The second kappa shape index (κ2) is 5.53. The highest BCUT2D eigenvalue weighted by Gasteiger charge is 2.34. The lowest BCUT2D eigenvalue weighted by molar-refractivity contribution is -0.124. The predicted molar refractivity (Wildman–Crippen MR) is 83.9 cm³/mol. The SMILES string of the molecule is CC1(C)Cc2c(NC=C(C#N)c3nn[nH]n3)cccc2NC1=O. The van der Waals surface area contributed by atoms with Crippen molar-refractivity contribution in [3.05, 3.63) is 35.8 Å². The summed E-state index contributed by atoms with van der Waals surface area (Å²) in [6.45, 7) is 3.80. The van der Waals surface area contributed by atoms with Crippen LogP contribution in [0.5, 0.6) is 0 Å². The molecule has 116 valence electrons. The van der Waals surface area contributed by atoms with Crippen LogP contribution in [-0.4, -0.2) is 26.5 Å². The predicted octanol–water partition coefficient (Wildman–Crippen LogP) is 1.70. The van der Waals surface area contributed by atoms with E-state index in [-0.39, 0.29) is 17.3 Å². The number of hydrogen-bond donors (Lipinski definition) is 3. The Morgan fingerprint density at radius 2 is 2.30 bits per heavy atom. The topological polar surface area (TPSA) is 119 Å². The number of fused-ring (bicyclic) bond motifs is 1. The van der Waals surface area contributed by atoms with Crippen molar-refractivity contribution in [1.29, 1.82) is 5.26 Å². The Kier molecular flexibility index (Phi) is 3.54. The third-order valence-electron chi connectivity index (χ3n) is 3.74. The van der Waals surface area contributed by atoms with Crippen LogP contribution in [0.25, 0.3) is 5.57 Å². The molecule has 0 unspecified atom stereocenters. The second-order valence-electron chi connectivity index (χ2n) is 5.90. The molecule has 0 atom stereocenters. The molecule has 1 amide bonds. The number of aromatic amines is 1. The Morgan fingerprint density at radius 1 is 1.48 bits per heavy atom. The third-order valence-corrected chi connectivity index (χ3v) is 3.74. The average molecular weight is 309 g/mol. The number of H-pyrrole nitrogens is 1. The first-order chi connectivity index (χ1) is 11.0. The summed E-state index contributed by atoms with van der Waals surface area (Å²) in [6.07, 6.45) is 2.14. The number of anilines is 2. The van der Waals surface area contributed by atoms with E-state index in [4.69, 9.17) is 0 Å². The summed E-state index contributed by atoms with van der Waals surface area (Å²) < 4.78 is 0. The maximum atomic E-state index is 12.0. The lowest BCUT2D eigenvalue weighted by atomic mass is 9.81. The van der Waals surface area contributed by atoms with Crippen molar-refractivity contribution in [2.75, 3.05) is 10.6 Å². The third kappa shape index (κ3) is 2.76. The van der Waals surface area contributed by atoms with Gasteiger partial charge in [0.05, 0.1) is 0 Å². The van der Waals surface area contributed by atoms with Gasteiger partial charge in [0.15, 0.2) is 0 Å². The van der Waals surface area contributed by atoms with Crippen LogP contribution in [-0.2, 0) is 11.2 Å².